The molecule has 164 valence electrons. The van der Waals surface area contributed by atoms with Crippen LogP contribution < -0.4 is 4.90 Å². The number of anilines is 1. The lowest BCUT2D eigenvalue weighted by molar-refractivity contribution is -0.134. The van der Waals surface area contributed by atoms with Crippen LogP contribution in [0.4, 0.5) is 5.69 Å². The third kappa shape index (κ3) is 4.37. The number of morpholine rings is 1. The molecule has 1 aromatic carbocycles. The second-order valence-corrected chi connectivity index (χ2v) is 10.9. The van der Waals surface area contributed by atoms with Gasteiger partial charge in [-0.1, -0.05) is 6.92 Å². The van der Waals surface area contributed by atoms with Crippen molar-refractivity contribution in [3.05, 3.63) is 18.2 Å². The molecule has 8 nitrogen and oxygen atoms in total. The first kappa shape index (κ1) is 21.6. The number of carbonyl (C=O) groups is 2. The number of fused-ring (bicyclic) bond motifs is 1. The quantitative estimate of drug-likeness (QED) is 0.685. The van der Waals surface area contributed by atoms with Crippen molar-refractivity contribution in [2.45, 2.75) is 29.6 Å². The number of nitrogens with zero attached hydrogens (tertiary/aromatic N) is 3. The summed E-state index contributed by atoms with van der Waals surface area (Å²) in [5.41, 5.74) is 0.504. The van der Waals surface area contributed by atoms with E-state index >= 15 is 0 Å². The summed E-state index contributed by atoms with van der Waals surface area (Å²) < 4.78 is 33.1. The summed E-state index contributed by atoms with van der Waals surface area (Å²) in [6.45, 7) is 5.05. The Morgan fingerprint density at radius 3 is 2.57 bits per heavy atom. The van der Waals surface area contributed by atoms with Crippen molar-refractivity contribution in [2.24, 2.45) is 5.92 Å². The van der Waals surface area contributed by atoms with Gasteiger partial charge in [0.15, 0.2) is 0 Å². The van der Waals surface area contributed by atoms with E-state index in [-0.39, 0.29) is 29.0 Å². The van der Waals surface area contributed by atoms with Crippen LogP contribution in [0.25, 0.3) is 0 Å². The van der Waals surface area contributed by atoms with Gasteiger partial charge >= 0.3 is 0 Å². The Bertz CT molecular complexity index is 922. The standard InChI is InChI=1S/C20H27N3O5S2/c1-15-4-6-22(7-5-15)30(26,27)16-2-3-18-17(12-16)23(20(25)14-29-18)13-19(24)21-8-10-28-11-9-21/h2-3,12,15H,4-11,13-14H2,1H3. The van der Waals surface area contributed by atoms with E-state index in [1.54, 1.807) is 23.1 Å². The lowest BCUT2D eigenvalue weighted by Gasteiger charge is -2.33. The molecule has 3 heterocycles. The highest BCUT2D eigenvalue weighted by atomic mass is 32.2. The maximum Gasteiger partial charge on any atom is 0.243 e. The van der Waals surface area contributed by atoms with Crippen LogP contribution in [-0.4, -0.2) is 81.1 Å². The van der Waals surface area contributed by atoms with Gasteiger partial charge in [-0.3, -0.25) is 9.59 Å². The largest absolute Gasteiger partial charge is 0.378 e. The number of benzene rings is 1. The highest BCUT2D eigenvalue weighted by Gasteiger charge is 2.32. The Morgan fingerprint density at radius 2 is 1.87 bits per heavy atom. The van der Waals surface area contributed by atoms with Gasteiger partial charge < -0.3 is 14.5 Å². The molecule has 0 atom stereocenters. The molecule has 2 fully saturated rings. The lowest BCUT2D eigenvalue weighted by atomic mass is 10.0. The molecule has 4 rings (SSSR count). The fraction of sp³-hybridized carbons (Fsp3) is 0.600. The number of hydrogen-bond acceptors (Lipinski definition) is 6. The highest BCUT2D eigenvalue weighted by molar-refractivity contribution is 8.00. The second kappa shape index (κ2) is 8.86. The molecule has 2 saturated heterocycles. The van der Waals surface area contributed by atoms with E-state index in [9.17, 15) is 18.0 Å². The zero-order valence-corrected chi connectivity index (χ0v) is 18.7. The second-order valence-electron chi connectivity index (χ2n) is 7.98. The molecule has 0 bridgehead atoms. The molecule has 0 unspecified atom stereocenters. The van der Waals surface area contributed by atoms with Gasteiger partial charge in [0, 0.05) is 31.1 Å². The first-order valence-electron chi connectivity index (χ1n) is 10.3. The van der Waals surface area contributed by atoms with Crippen LogP contribution in [0.3, 0.4) is 0 Å². The van der Waals surface area contributed by atoms with Crippen molar-refractivity contribution in [3.63, 3.8) is 0 Å². The lowest BCUT2D eigenvalue weighted by Crippen LogP contribution is -2.48. The average Bonchev–Trinajstić information content (AvgIpc) is 2.76. The van der Waals surface area contributed by atoms with Gasteiger partial charge in [-0.2, -0.15) is 4.31 Å². The first-order valence-corrected chi connectivity index (χ1v) is 12.7. The number of carbonyl (C=O) groups excluding carboxylic acids is 2. The molecule has 1 aromatic rings. The Hall–Kier alpha value is -1.62. The van der Waals surface area contributed by atoms with E-state index in [4.69, 9.17) is 4.74 Å². The number of amides is 2. The summed E-state index contributed by atoms with van der Waals surface area (Å²) >= 11 is 1.37. The van der Waals surface area contributed by atoms with Crippen LogP contribution in [0, 0.1) is 5.92 Å². The summed E-state index contributed by atoms with van der Waals surface area (Å²) in [6, 6.07) is 4.91. The smallest absolute Gasteiger partial charge is 0.243 e. The molecule has 30 heavy (non-hydrogen) atoms. The van der Waals surface area contributed by atoms with Crippen LogP contribution in [0.1, 0.15) is 19.8 Å². The van der Waals surface area contributed by atoms with Crippen LogP contribution in [-0.2, 0) is 24.3 Å². The molecule has 2 amide bonds. The van der Waals surface area contributed by atoms with Crippen molar-refractivity contribution in [1.82, 2.24) is 9.21 Å². The number of ether oxygens (including phenoxy) is 1. The minimum absolute atomic E-state index is 0.0862. The maximum absolute atomic E-state index is 13.2. The molecule has 0 spiro atoms. The normalized spacial score (nSPS) is 21.6. The van der Waals surface area contributed by atoms with Crippen LogP contribution in [0.5, 0.6) is 0 Å². The van der Waals surface area contributed by atoms with Gasteiger partial charge in [0.2, 0.25) is 21.8 Å². The molecule has 10 heteroatoms. The van der Waals surface area contributed by atoms with Gasteiger partial charge in [-0.15, -0.1) is 11.8 Å². The number of thioether (sulfide) groups is 1. The molecule has 0 aliphatic carbocycles. The molecule has 3 aliphatic rings. The monoisotopic (exact) mass is 453 g/mol. The Kier molecular flexibility index (Phi) is 6.38. The highest BCUT2D eigenvalue weighted by Crippen LogP contribution is 2.37. The van der Waals surface area contributed by atoms with E-state index in [2.05, 4.69) is 6.92 Å². The van der Waals surface area contributed by atoms with Crippen molar-refractivity contribution in [3.8, 4) is 0 Å². The van der Waals surface area contributed by atoms with Crippen LogP contribution >= 0.6 is 11.8 Å². The topological polar surface area (TPSA) is 87.2 Å². The zero-order chi connectivity index (χ0) is 21.3. The van der Waals surface area contributed by atoms with E-state index in [0.717, 1.165) is 17.7 Å². The Balaban J connectivity index is 1.59. The van der Waals surface area contributed by atoms with Gasteiger partial charge in [0.1, 0.15) is 6.54 Å². The van der Waals surface area contributed by atoms with E-state index < -0.39 is 10.0 Å². The van der Waals surface area contributed by atoms with Gasteiger partial charge in [-0.25, -0.2) is 8.42 Å². The summed E-state index contributed by atoms with van der Waals surface area (Å²) in [4.78, 5) is 29.5. The van der Waals surface area contributed by atoms with E-state index in [1.165, 1.54) is 21.0 Å². The summed E-state index contributed by atoms with van der Waals surface area (Å²) in [7, 11) is -3.63. The Labute approximate surface area is 181 Å². The van der Waals surface area contributed by atoms with Crippen molar-refractivity contribution >= 4 is 39.3 Å². The molecule has 0 N–H and O–H groups in total. The van der Waals surface area contributed by atoms with Gasteiger partial charge in [0.05, 0.1) is 29.5 Å². The van der Waals surface area contributed by atoms with E-state index in [0.29, 0.717) is 51.0 Å². The SMILES string of the molecule is CC1CCN(S(=O)(=O)c2ccc3c(c2)N(CC(=O)N2CCOCC2)C(=O)CS3)CC1. The third-order valence-electron chi connectivity index (χ3n) is 5.91. The number of sulfonamides is 1. The van der Waals surface area contributed by atoms with Crippen LogP contribution in [0.2, 0.25) is 0 Å². The first-order chi connectivity index (χ1) is 14.4. The third-order valence-corrected chi connectivity index (χ3v) is 8.85. The average molecular weight is 454 g/mol. The molecule has 0 saturated carbocycles. The Morgan fingerprint density at radius 1 is 1.17 bits per heavy atom. The summed E-state index contributed by atoms with van der Waals surface area (Å²) in [5.74, 6) is 0.424. The zero-order valence-electron chi connectivity index (χ0n) is 17.1. The minimum Gasteiger partial charge on any atom is -0.378 e. The van der Waals surface area contributed by atoms with E-state index in [1.807, 2.05) is 0 Å². The molecule has 0 radical (unpaired) electrons. The minimum atomic E-state index is -3.63. The molecular formula is C20H27N3O5S2. The number of rotatable bonds is 4. The van der Waals surface area contributed by atoms with Crippen molar-refractivity contribution < 1.29 is 22.7 Å². The van der Waals surface area contributed by atoms with Gasteiger partial charge in [0.25, 0.3) is 0 Å². The molecule has 3 aliphatic heterocycles. The summed E-state index contributed by atoms with van der Waals surface area (Å²) in [6.07, 6.45) is 1.69. The van der Waals surface area contributed by atoms with Crippen LogP contribution in [0.15, 0.2) is 28.0 Å². The molecule has 0 aromatic heterocycles. The fourth-order valence-electron chi connectivity index (χ4n) is 3.94. The fourth-order valence-corrected chi connectivity index (χ4v) is 6.34. The number of hydrogen-bond donors (Lipinski definition) is 0. The predicted molar refractivity (Wildman–Crippen MR) is 114 cm³/mol. The summed E-state index contributed by atoms with van der Waals surface area (Å²) in [5, 5.41) is 0. The van der Waals surface area contributed by atoms with Gasteiger partial charge in [-0.05, 0) is 37.0 Å². The molecular weight excluding hydrogens is 426 g/mol. The predicted octanol–water partition coefficient (Wildman–Crippen LogP) is 1.40. The van der Waals surface area contributed by atoms with Crippen molar-refractivity contribution in [1.29, 1.82) is 0 Å². The van der Waals surface area contributed by atoms with Crippen molar-refractivity contribution in [2.75, 3.05) is 56.6 Å². The number of piperidine rings is 1. The maximum atomic E-state index is 13.2.